The normalized spacial score (nSPS) is 13.4. The number of hydrogen-bond acceptors (Lipinski definition) is 29. The van der Waals surface area contributed by atoms with E-state index in [1.807, 2.05) is 0 Å². The minimum atomic E-state index is -1.24. The Bertz CT molecular complexity index is 3310. The topological polar surface area (TPSA) is 357 Å². The first-order valence-corrected chi connectivity index (χ1v) is 34.9. The van der Waals surface area contributed by atoms with E-state index in [1.54, 1.807) is 166 Å². The molecular weight excluding hydrogens is 1370 g/mol. The Balaban J connectivity index is 2.67. The molecule has 2 heterocycles. The standard InChI is InChI=1S/C74H116N6O25/c1-67(2,3)98-54(83)40-76(41-55(84)99-68(4,5)6)28-33-95-62-48-37-49(65(91)75-27-31-93-35-36-94-32-30-80-52(81)25-26-53(80)82)66(92)97-64(48)51(39-79(46-60(89)104-73(19,20)21)47-61(90)105-74(22,23)24)63(50(62)38-78(44-58(87)102-71(13,14)15)45-59(88)103-72(16,17)18)96-34-29-77(42-56(85)100-69(7,8)9)43-57(86)101-70(10,11)12/h25-26,37H,27-36,38-47H2,1-24H3,(H,75,91). The Hall–Kier alpha value is -8.10. The zero-order chi connectivity index (χ0) is 80.0. The van der Waals surface area contributed by atoms with E-state index < -0.39 is 200 Å². The second-order valence-corrected chi connectivity index (χ2v) is 33.0. The first kappa shape index (κ1) is 91.1. The van der Waals surface area contributed by atoms with Crippen LogP contribution in [0.25, 0.3) is 11.0 Å². The van der Waals surface area contributed by atoms with Gasteiger partial charge in [-0.1, -0.05) is 0 Å². The molecule has 1 N–H and O–H groups in total. The van der Waals surface area contributed by atoms with Gasteiger partial charge in [0.25, 0.3) is 17.7 Å². The Labute approximate surface area is 617 Å². The molecule has 1 aromatic carbocycles. The van der Waals surface area contributed by atoms with E-state index in [1.165, 1.54) is 19.6 Å². The summed E-state index contributed by atoms with van der Waals surface area (Å²) in [5.41, 5.74) is -10.6. The van der Waals surface area contributed by atoms with Crippen LogP contribution in [0.2, 0.25) is 0 Å². The van der Waals surface area contributed by atoms with Crippen molar-refractivity contribution in [3.8, 4) is 11.5 Å². The average molecular weight is 1490 g/mol. The molecule has 0 saturated carbocycles. The van der Waals surface area contributed by atoms with Gasteiger partial charge in [0.05, 0.1) is 102 Å². The zero-order valence-electron chi connectivity index (χ0n) is 66.3. The lowest BCUT2D eigenvalue weighted by Crippen LogP contribution is -2.42. The Morgan fingerprint density at radius 2 is 0.676 bits per heavy atom. The van der Waals surface area contributed by atoms with Crippen LogP contribution in [0.1, 0.15) is 188 Å². The molecule has 0 fully saturated rings. The predicted octanol–water partition coefficient (Wildman–Crippen LogP) is 6.18. The molecule has 3 amide bonds. The summed E-state index contributed by atoms with van der Waals surface area (Å²) in [5, 5.41) is 2.47. The first-order valence-electron chi connectivity index (χ1n) is 34.9. The van der Waals surface area contributed by atoms with Crippen LogP contribution in [0.15, 0.2) is 27.4 Å². The van der Waals surface area contributed by atoms with Gasteiger partial charge in [0.2, 0.25) is 0 Å². The summed E-state index contributed by atoms with van der Waals surface area (Å²) in [4.78, 5) is 171. The zero-order valence-corrected chi connectivity index (χ0v) is 66.3. The molecule has 0 aliphatic carbocycles. The number of hydrogen-bond donors (Lipinski definition) is 1. The van der Waals surface area contributed by atoms with Gasteiger partial charge in [0.1, 0.15) is 80.7 Å². The van der Waals surface area contributed by atoms with Crippen molar-refractivity contribution >= 4 is 76.4 Å². The van der Waals surface area contributed by atoms with Gasteiger partial charge in [-0.05, 0) is 172 Å². The summed E-state index contributed by atoms with van der Waals surface area (Å²) in [6.07, 6.45) is 2.32. The molecule has 0 unspecified atom stereocenters. The molecule has 0 atom stereocenters. The highest BCUT2D eigenvalue weighted by Crippen LogP contribution is 2.43. The third-order valence-electron chi connectivity index (χ3n) is 13.1. The number of fused-ring (bicyclic) bond motifs is 1. The molecule has 1 aliphatic rings. The van der Waals surface area contributed by atoms with Crippen LogP contribution in [0, 0.1) is 0 Å². The van der Waals surface area contributed by atoms with Gasteiger partial charge >= 0.3 is 53.4 Å². The summed E-state index contributed by atoms with van der Waals surface area (Å²) in [5.74, 6) is -8.69. The summed E-state index contributed by atoms with van der Waals surface area (Å²) < 4.78 is 77.4. The lowest BCUT2D eigenvalue weighted by Gasteiger charge is -2.31. The van der Waals surface area contributed by atoms with E-state index in [4.69, 9.17) is 61.3 Å². The van der Waals surface area contributed by atoms with E-state index in [0.717, 1.165) is 23.1 Å². The average Bonchev–Trinajstić information content (AvgIpc) is 1.07. The maximum absolute atomic E-state index is 14.9. The number of carbonyl (C=O) groups excluding carboxylic acids is 11. The van der Waals surface area contributed by atoms with Gasteiger partial charge in [-0.15, -0.1) is 0 Å². The molecule has 592 valence electrons. The summed E-state index contributed by atoms with van der Waals surface area (Å²) in [6.45, 7) is 32.2. The summed E-state index contributed by atoms with van der Waals surface area (Å²) >= 11 is 0. The Kier molecular flexibility index (Phi) is 33.8. The number of carbonyl (C=O) groups is 11. The van der Waals surface area contributed by atoms with Crippen molar-refractivity contribution in [2.45, 2.75) is 224 Å². The molecule has 1 aromatic heterocycles. The third kappa shape index (κ3) is 38.1. The van der Waals surface area contributed by atoms with Crippen LogP contribution in [-0.4, -0.2) is 253 Å². The number of rotatable bonds is 38. The van der Waals surface area contributed by atoms with Gasteiger partial charge < -0.3 is 66.6 Å². The quantitative estimate of drug-likeness (QED) is 0.0258. The van der Waals surface area contributed by atoms with Crippen LogP contribution in [0.5, 0.6) is 11.5 Å². The summed E-state index contributed by atoms with van der Waals surface area (Å²) in [7, 11) is 0. The van der Waals surface area contributed by atoms with E-state index >= 15 is 0 Å². The second kappa shape index (κ2) is 39.0. The van der Waals surface area contributed by atoms with E-state index in [-0.39, 0.29) is 86.2 Å². The van der Waals surface area contributed by atoms with Crippen LogP contribution >= 0.6 is 0 Å². The number of imide groups is 1. The predicted molar refractivity (Wildman–Crippen MR) is 383 cm³/mol. The maximum Gasteiger partial charge on any atom is 0.349 e. The molecule has 2 aromatic rings. The summed E-state index contributed by atoms with van der Waals surface area (Å²) in [6, 6.07) is 1.16. The highest BCUT2D eigenvalue weighted by Gasteiger charge is 2.35. The van der Waals surface area contributed by atoms with Gasteiger partial charge in [-0.25, -0.2) is 4.79 Å². The largest absolute Gasteiger partial charge is 0.491 e. The van der Waals surface area contributed by atoms with Gasteiger partial charge in [-0.3, -0.25) is 77.2 Å². The number of nitrogens with zero attached hydrogens (tertiary/aromatic N) is 5. The van der Waals surface area contributed by atoms with Crippen molar-refractivity contribution in [2.24, 2.45) is 0 Å². The highest BCUT2D eigenvalue weighted by atomic mass is 16.6. The molecule has 0 spiro atoms. The number of benzene rings is 1. The smallest absolute Gasteiger partial charge is 0.349 e. The molecular formula is C74H116N6O25. The fraction of sp³-hybridized carbons (Fsp3) is 0.703. The number of nitrogens with one attached hydrogen (secondary N) is 1. The minimum Gasteiger partial charge on any atom is -0.491 e. The molecule has 0 radical (unpaired) electrons. The molecule has 1 aliphatic heterocycles. The highest BCUT2D eigenvalue weighted by molar-refractivity contribution is 6.12. The maximum atomic E-state index is 14.9. The van der Waals surface area contributed by atoms with E-state index in [0.29, 0.717) is 0 Å². The van der Waals surface area contributed by atoms with Gasteiger partial charge in [0.15, 0.2) is 0 Å². The molecule has 0 bridgehead atoms. The van der Waals surface area contributed by atoms with Crippen molar-refractivity contribution in [1.82, 2.24) is 29.8 Å². The number of esters is 8. The molecule has 3 rings (SSSR count). The van der Waals surface area contributed by atoms with Crippen molar-refractivity contribution in [2.75, 3.05) is 118 Å². The first-order chi connectivity index (χ1) is 47.9. The third-order valence-corrected chi connectivity index (χ3v) is 13.1. The van der Waals surface area contributed by atoms with E-state index in [2.05, 4.69) is 5.32 Å². The van der Waals surface area contributed by atoms with Crippen molar-refractivity contribution < 1.29 is 114 Å². The Morgan fingerprint density at radius 1 is 0.381 bits per heavy atom. The fourth-order valence-corrected chi connectivity index (χ4v) is 9.88. The van der Waals surface area contributed by atoms with Gasteiger partial charge in [-0.2, -0.15) is 0 Å². The molecule has 31 heteroatoms. The monoisotopic (exact) mass is 1490 g/mol. The molecule has 105 heavy (non-hydrogen) atoms. The molecule has 0 saturated heterocycles. The van der Waals surface area contributed by atoms with E-state index in [9.17, 15) is 57.5 Å². The lowest BCUT2D eigenvalue weighted by molar-refractivity contribution is -0.162. The van der Waals surface area contributed by atoms with Crippen molar-refractivity contribution in [1.29, 1.82) is 0 Å². The van der Waals surface area contributed by atoms with Crippen LogP contribution in [0.3, 0.4) is 0 Å². The second-order valence-electron chi connectivity index (χ2n) is 33.0. The SMILES string of the molecule is CC(C)(C)OC(=O)CN(CCOc1c(CN(CC(=O)OC(C)(C)C)CC(=O)OC(C)(C)C)c(OCCN(CC(=O)OC(C)(C)C)CC(=O)OC(C)(C)C)c2cc(C(=O)NCCOCCOCCN3C(=O)C=CC3=O)c(=O)oc2c1CN(CC(=O)OC(C)(C)C)CC(=O)OC(C)(C)C)CC(=O)OC(C)(C)C. The number of ether oxygens (including phenoxy) is 12. The van der Waals surface area contributed by atoms with Crippen molar-refractivity contribution in [3.05, 3.63) is 45.3 Å². The fourth-order valence-electron chi connectivity index (χ4n) is 9.88. The minimum absolute atomic E-state index is 0.0140. The van der Waals surface area contributed by atoms with Crippen molar-refractivity contribution in [3.63, 3.8) is 0 Å². The van der Waals surface area contributed by atoms with Gasteiger partial charge in [0, 0.05) is 44.9 Å². The molecule has 31 nitrogen and oxygen atoms in total. The Morgan fingerprint density at radius 3 is 1.00 bits per heavy atom. The van der Waals surface area contributed by atoms with Crippen LogP contribution in [0.4, 0.5) is 0 Å². The number of amides is 3. The lowest BCUT2D eigenvalue weighted by atomic mass is 9.99. The van der Waals surface area contributed by atoms with Crippen LogP contribution < -0.4 is 20.4 Å². The van der Waals surface area contributed by atoms with Crippen LogP contribution in [-0.2, 0) is 108 Å².